The molecule has 2 unspecified atom stereocenters. The number of aliphatic hydroxyl groups excluding tert-OH is 1. The van der Waals surface area contributed by atoms with Gasteiger partial charge in [-0.25, -0.2) is 4.57 Å². The molecule has 122 valence electrons. The monoisotopic (exact) mass is 334 g/mol. The molecule has 0 aliphatic carbocycles. The fourth-order valence-corrected chi connectivity index (χ4v) is 3.29. The molecule has 0 saturated heterocycles. The van der Waals surface area contributed by atoms with E-state index in [1.54, 1.807) is 54.6 Å². The van der Waals surface area contributed by atoms with Crippen LogP contribution >= 0.6 is 7.60 Å². The van der Waals surface area contributed by atoms with Crippen LogP contribution in [0.15, 0.2) is 60.7 Å². The number of rotatable bonds is 7. The van der Waals surface area contributed by atoms with Crippen molar-refractivity contribution in [3.63, 3.8) is 0 Å². The van der Waals surface area contributed by atoms with Crippen LogP contribution in [0.1, 0.15) is 30.1 Å². The highest BCUT2D eigenvalue weighted by atomic mass is 31.2. The van der Waals surface area contributed by atoms with Crippen LogP contribution in [-0.4, -0.2) is 16.0 Å². The van der Waals surface area contributed by atoms with Gasteiger partial charge in [0.25, 0.3) is 0 Å². The normalized spacial score (nSPS) is 14.7. The van der Waals surface area contributed by atoms with E-state index in [1.165, 1.54) is 0 Å². The van der Waals surface area contributed by atoms with E-state index in [1.807, 2.05) is 6.07 Å². The van der Waals surface area contributed by atoms with Crippen molar-refractivity contribution in [3.05, 3.63) is 71.8 Å². The summed E-state index contributed by atoms with van der Waals surface area (Å²) in [7, 11) is -4.03. The second-order valence-electron chi connectivity index (χ2n) is 5.21. The second kappa shape index (κ2) is 8.06. The van der Waals surface area contributed by atoms with Crippen molar-refractivity contribution in [2.45, 2.75) is 25.1 Å². The lowest BCUT2D eigenvalue weighted by Crippen LogP contribution is -2.07. The van der Waals surface area contributed by atoms with Crippen molar-refractivity contribution in [3.8, 4) is 0 Å². The zero-order valence-electron chi connectivity index (χ0n) is 12.5. The summed E-state index contributed by atoms with van der Waals surface area (Å²) in [6.45, 7) is 0. The van der Waals surface area contributed by atoms with E-state index in [-0.39, 0.29) is 19.0 Å². The van der Waals surface area contributed by atoms with Gasteiger partial charge in [-0.1, -0.05) is 60.7 Å². The quantitative estimate of drug-likeness (QED) is 0.758. The topological polar surface area (TPSA) is 83.8 Å². The largest absolute Gasteiger partial charge is 0.391 e. The summed E-state index contributed by atoms with van der Waals surface area (Å²) >= 11 is 0. The number of benzene rings is 2. The van der Waals surface area contributed by atoms with E-state index < -0.39 is 19.7 Å². The minimum Gasteiger partial charge on any atom is -0.391 e. The lowest BCUT2D eigenvalue weighted by atomic mass is 10.1. The Kier molecular flexibility index (Phi) is 6.11. The average molecular weight is 334 g/mol. The van der Waals surface area contributed by atoms with E-state index in [2.05, 4.69) is 4.52 Å². The Hall–Kier alpha value is -1.94. The average Bonchev–Trinajstić information content (AvgIpc) is 2.53. The van der Waals surface area contributed by atoms with Gasteiger partial charge in [0.05, 0.1) is 12.3 Å². The molecule has 0 radical (unpaired) electrons. The lowest BCUT2D eigenvalue weighted by molar-refractivity contribution is -0.135. The molecular formula is C17H19O5P. The summed E-state index contributed by atoms with van der Waals surface area (Å²) in [5, 5.41) is 9.96. The van der Waals surface area contributed by atoms with Crippen LogP contribution in [0, 0.1) is 0 Å². The van der Waals surface area contributed by atoms with E-state index >= 15 is 0 Å². The molecule has 23 heavy (non-hydrogen) atoms. The predicted molar refractivity (Wildman–Crippen MR) is 86.7 cm³/mol. The molecule has 2 aromatic carbocycles. The van der Waals surface area contributed by atoms with Gasteiger partial charge in [0.1, 0.15) is 0 Å². The predicted octanol–water partition coefficient (Wildman–Crippen LogP) is 3.43. The number of hydrogen-bond donors (Lipinski definition) is 2. The molecule has 0 saturated carbocycles. The molecule has 2 rings (SSSR count). The van der Waals surface area contributed by atoms with Crippen molar-refractivity contribution in [2.75, 3.05) is 0 Å². The molecule has 0 heterocycles. The number of aliphatic hydroxyl groups is 1. The van der Waals surface area contributed by atoms with Gasteiger partial charge in [0, 0.05) is 6.42 Å². The summed E-state index contributed by atoms with van der Waals surface area (Å²) < 4.78 is 16.6. The third-order valence-corrected chi connectivity index (χ3v) is 4.53. The summed E-state index contributed by atoms with van der Waals surface area (Å²) in [6, 6.07) is 17.6. The molecule has 2 atom stereocenters. The zero-order valence-corrected chi connectivity index (χ0v) is 13.4. The Balaban J connectivity index is 1.83. The Morgan fingerprint density at radius 2 is 1.61 bits per heavy atom. The summed E-state index contributed by atoms with van der Waals surface area (Å²) in [5.41, 5.74) is 1.31. The van der Waals surface area contributed by atoms with Gasteiger partial charge in [0.2, 0.25) is 0 Å². The summed E-state index contributed by atoms with van der Waals surface area (Å²) in [4.78, 5) is 21.5. The van der Waals surface area contributed by atoms with Crippen LogP contribution in [0.4, 0.5) is 0 Å². The first kappa shape index (κ1) is 17.4. The van der Waals surface area contributed by atoms with Gasteiger partial charge >= 0.3 is 13.6 Å². The molecule has 2 aromatic rings. The molecular weight excluding hydrogens is 315 g/mol. The van der Waals surface area contributed by atoms with Crippen LogP contribution in [0.3, 0.4) is 0 Å². The van der Waals surface area contributed by atoms with Gasteiger partial charge in [0.15, 0.2) is 0 Å². The molecule has 6 heteroatoms. The van der Waals surface area contributed by atoms with Crippen molar-refractivity contribution in [1.29, 1.82) is 0 Å². The maximum absolute atomic E-state index is 12.0. The van der Waals surface area contributed by atoms with Crippen molar-refractivity contribution in [2.24, 2.45) is 0 Å². The molecule has 5 nitrogen and oxygen atoms in total. The van der Waals surface area contributed by atoms with Crippen LogP contribution in [0.25, 0.3) is 0 Å². The number of hydrogen-bond acceptors (Lipinski definition) is 4. The highest BCUT2D eigenvalue weighted by Gasteiger charge is 2.25. The standard InChI is InChI=1S/C17H19O5P/c18-16(15-9-5-2-6-10-15)11-12-17(19)22-23(20,21)13-14-7-3-1-4-8-14/h1-10,16,18H,11-13H2,(H,20,21). The van der Waals surface area contributed by atoms with Crippen molar-refractivity contribution in [1.82, 2.24) is 0 Å². The van der Waals surface area contributed by atoms with Crippen LogP contribution in [0.2, 0.25) is 0 Å². The smallest absolute Gasteiger partial charge is 0.383 e. The fraction of sp³-hybridized carbons (Fsp3) is 0.235. The Morgan fingerprint density at radius 3 is 2.22 bits per heavy atom. The maximum Gasteiger partial charge on any atom is 0.383 e. The van der Waals surface area contributed by atoms with E-state index in [0.717, 1.165) is 0 Å². The van der Waals surface area contributed by atoms with Crippen molar-refractivity contribution < 1.29 is 23.9 Å². The first-order chi connectivity index (χ1) is 11.0. The van der Waals surface area contributed by atoms with Crippen molar-refractivity contribution >= 4 is 13.6 Å². The molecule has 0 aromatic heterocycles. The molecule has 0 amide bonds. The lowest BCUT2D eigenvalue weighted by Gasteiger charge is -2.14. The van der Waals surface area contributed by atoms with E-state index in [4.69, 9.17) is 0 Å². The molecule has 0 aliphatic rings. The Morgan fingerprint density at radius 1 is 1.04 bits per heavy atom. The molecule has 2 N–H and O–H groups in total. The van der Waals surface area contributed by atoms with Gasteiger partial charge in [-0.05, 0) is 17.5 Å². The van der Waals surface area contributed by atoms with Crippen LogP contribution in [-0.2, 0) is 20.0 Å². The number of carbonyl (C=O) groups is 1. The number of carbonyl (C=O) groups excluding carboxylic acids is 1. The van der Waals surface area contributed by atoms with E-state index in [0.29, 0.717) is 11.1 Å². The third kappa shape index (κ3) is 5.99. The Bertz CT molecular complexity index is 672. The van der Waals surface area contributed by atoms with E-state index in [9.17, 15) is 19.4 Å². The molecule has 0 aliphatic heterocycles. The first-order valence-corrected chi connectivity index (χ1v) is 9.04. The van der Waals surface area contributed by atoms with Crippen LogP contribution in [0.5, 0.6) is 0 Å². The third-order valence-electron chi connectivity index (χ3n) is 3.28. The molecule has 0 bridgehead atoms. The summed E-state index contributed by atoms with van der Waals surface area (Å²) in [6.07, 6.45) is -1.03. The maximum atomic E-state index is 12.0. The summed E-state index contributed by atoms with van der Waals surface area (Å²) in [5.74, 6) is -0.790. The second-order valence-corrected chi connectivity index (χ2v) is 6.98. The minimum atomic E-state index is -4.03. The van der Waals surface area contributed by atoms with Gasteiger partial charge in [-0.2, -0.15) is 0 Å². The first-order valence-electron chi connectivity index (χ1n) is 7.27. The van der Waals surface area contributed by atoms with Gasteiger partial charge in [-0.15, -0.1) is 0 Å². The van der Waals surface area contributed by atoms with Gasteiger partial charge < -0.3 is 14.5 Å². The molecule has 0 fully saturated rings. The van der Waals surface area contributed by atoms with Gasteiger partial charge in [-0.3, -0.25) is 4.79 Å². The Labute approximate surface area is 135 Å². The fourth-order valence-electron chi connectivity index (χ4n) is 2.15. The zero-order chi connectivity index (χ0) is 16.7. The minimum absolute atomic E-state index is 0.130. The molecule has 0 spiro atoms. The van der Waals surface area contributed by atoms with Crippen LogP contribution < -0.4 is 0 Å². The highest BCUT2D eigenvalue weighted by molar-refractivity contribution is 7.52. The highest BCUT2D eigenvalue weighted by Crippen LogP contribution is 2.46. The SMILES string of the molecule is O=C(CCC(O)c1ccccc1)OP(=O)(O)Cc1ccccc1.